The lowest BCUT2D eigenvalue weighted by Gasteiger charge is -1.99. The van der Waals surface area contributed by atoms with Gasteiger partial charge in [-0.1, -0.05) is 17.4 Å². The van der Waals surface area contributed by atoms with E-state index in [1.165, 1.54) is 11.3 Å². The zero-order valence-corrected chi connectivity index (χ0v) is 9.36. The maximum Gasteiger partial charge on any atom is 0.174 e. The van der Waals surface area contributed by atoms with Crippen molar-refractivity contribution in [2.45, 2.75) is 11.5 Å². The van der Waals surface area contributed by atoms with E-state index in [0.717, 1.165) is 25.6 Å². The predicted octanol–water partition coefficient (Wildman–Crippen LogP) is 2.69. The van der Waals surface area contributed by atoms with Gasteiger partial charge in [-0.15, -0.1) is 12.6 Å². The number of rotatable bonds is 2. The third-order valence-corrected chi connectivity index (χ3v) is 3.65. The highest BCUT2D eigenvalue weighted by Crippen LogP contribution is 2.37. The van der Waals surface area contributed by atoms with Gasteiger partial charge < -0.3 is 9.84 Å². The topological polar surface area (TPSA) is 29.5 Å². The monoisotopic (exact) mass is 226 g/mol. The van der Waals surface area contributed by atoms with E-state index in [0.29, 0.717) is 0 Å². The van der Waals surface area contributed by atoms with Crippen LogP contribution in [0.4, 0.5) is 0 Å². The second kappa shape index (κ2) is 3.81. The Morgan fingerprint density at radius 3 is 2.93 bits per heavy atom. The summed E-state index contributed by atoms with van der Waals surface area (Å²) in [5, 5.41) is 11.0. The Bertz CT molecular complexity index is 462. The molecular formula is C10H10O2S2. The molecule has 1 aromatic heterocycles. The molecule has 0 saturated heterocycles. The Kier molecular flexibility index (Phi) is 2.67. The Balaban J connectivity index is 2.74. The summed E-state index contributed by atoms with van der Waals surface area (Å²) in [4.78, 5) is 0.914. The maximum atomic E-state index is 9.15. The number of aliphatic hydroxyl groups is 1. The molecule has 1 heterocycles. The van der Waals surface area contributed by atoms with Gasteiger partial charge in [-0.2, -0.15) is 0 Å². The van der Waals surface area contributed by atoms with Gasteiger partial charge in [0.15, 0.2) is 5.06 Å². The van der Waals surface area contributed by atoms with Crippen molar-refractivity contribution in [2.75, 3.05) is 7.11 Å². The molecule has 0 saturated carbocycles. The smallest absolute Gasteiger partial charge is 0.174 e. The number of thiol groups is 1. The molecule has 0 radical (unpaired) electrons. The van der Waals surface area contributed by atoms with Crippen molar-refractivity contribution in [2.24, 2.45) is 0 Å². The van der Waals surface area contributed by atoms with Gasteiger partial charge >= 0.3 is 0 Å². The van der Waals surface area contributed by atoms with Crippen molar-refractivity contribution >= 4 is 34.1 Å². The molecule has 0 fully saturated rings. The summed E-state index contributed by atoms with van der Waals surface area (Å²) in [5.74, 6) is 0. The maximum absolute atomic E-state index is 9.15. The van der Waals surface area contributed by atoms with Crippen LogP contribution in [0.25, 0.3) is 10.1 Å². The highest BCUT2D eigenvalue weighted by atomic mass is 32.1. The summed E-state index contributed by atoms with van der Waals surface area (Å²) in [6, 6.07) is 5.73. The molecule has 0 amide bonds. The first-order valence-corrected chi connectivity index (χ1v) is 5.42. The van der Waals surface area contributed by atoms with Crippen LogP contribution in [0.2, 0.25) is 0 Å². The van der Waals surface area contributed by atoms with Gasteiger partial charge in [0, 0.05) is 21.0 Å². The average Bonchev–Trinajstić information content (AvgIpc) is 2.63. The van der Waals surface area contributed by atoms with E-state index in [1.807, 2.05) is 18.2 Å². The molecule has 0 bridgehead atoms. The fourth-order valence-electron chi connectivity index (χ4n) is 1.37. The molecular weight excluding hydrogens is 216 g/mol. The number of fused-ring (bicyclic) bond motifs is 1. The van der Waals surface area contributed by atoms with Crippen LogP contribution in [0.3, 0.4) is 0 Å². The van der Waals surface area contributed by atoms with Crippen molar-refractivity contribution < 1.29 is 9.84 Å². The minimum Gasteiger partial charge on any atom is -0.487 e. The second-order valence-corrected chi connectivity index (χ2v) is 4.41. The quantitative estimate of drug-likeness (QED) is 0.771. The van der Waals surface area contributed by atoms with E-state index in [-0.39, 0.29) is 6.61 Å². The predicted molar refractivity (Wildman–Crippen MR) is 61.6 cm³/mol. The van der Waals surface area contributed by atoms with Crippen molar-refractivity contribution in [3.8, 4) is 5.06 Å². The summed E-state index contributed by atoms with van der Waals surface area (Å²) >= 11 is 5.89. The van der Waals surface area contributed by atoms with E-state index >= 15 is 0 Å². The molecule has 0 unspecified atom stereocenters. The van der Waals surface area contributed by atoms with Crippen LogP contribution in [0.5, 0.6) is 5.06 Å². The summed E-state index contributed by atoms with van der Waals surface area (Å²) < 4.78 is 6.21. The second-order valence-electron chi connectivity index (χ2n) is 2.91. The van der Waals surface area contributed by atoms with Gasteiger partial charge in [0.25, 0.3) is 0 Å². The van der Waals surface area contributed by atoms with E-state index < -0.39 is 0 Å². The van der Waals surface area contributed by atoms with Crippen LogP contribution in [-0.4, -0.2) is 12.2 Å². The number of aliphatic hydroxyl groups excluding tert-OH is 1. The minimum atomic E-state index is 0.0498. The fourth-order valence-corrected chi connectivity index (χ4v) is 2.70. The Morgan fingerprint density at radius 1 is 1.50 bits per heavy atom. The SMILES string of the molecule is COc1cc2c(S)ccc(CO)c2s1. The lowest BCUT2D eigenvalue weighted by Crippen LogP contribution is -1.82. The third-order valence-electron chi connectivity index (χ3n) is 2.09. The first-order valence-electron chi connectivity index (χ1n) is 4.15. The molecule has 0 aliphatic carbocycles. The van der Waals surface area contributed by atoms with Crippen LogP contribution < -0.4 is 4.74 Å². The van der Waals surface area contributed by atoms with E-state index in [1.54, 1.807) is 7.11 Å². The molecule has 74 valence electrons. The average molecular weight is 226 g/mol. The zero-order chi connectivity index (χ0) is 10.1. The van der Waals surface area contributed by atoms with Crippen LogP contribution in [0.1, 0.15) is 5.56 Å². The molecule has 2 aromatic rings. The molecule has 4 heteroatoms. The van der Waals surface area contributed by atoms with Gasteiger partial charge in [0.05, 0.1) is 13.7 Å². The van der Waals surface area contributed by atoms with E-state index in [4.69, 9.17) is 9.84 Å². The molecule has 14 heavy (non-hydrogen) atoms. The number of hydrogen-bond donors (Lipinski definition) is 2. The van der Waals surface area contributed by atoms with Crippen molar-refractivity contribution in [1.29, 1.82) is 0 Å². The number of ether oxygens (including phenoxy) is 1. The number of hydrogen-bond acceptors (Lipinski definition) is 4. The van der Waals surface area contributed by atoms with E-state index in [9.17, 15) is 0 Å². The van der Waals surface area contributed by atoms with Crippen LogP contribution in [-0.2, 0) is 6.61 Å². The Morgan fingerprint density at radius 2 is 2.29 bits per heavy atom. The third kappa shape index (κ3) is 1.49. The minimum absolute atomic E-state index is 0.0498. The van der Waals surface area contributed by atoms with Crippen LogP contribution in [0, 0.1) is 0 Å². The Labute approximate surface area is 91.5 Å². The van der Waals surface area contributed by atoms with Gasteiger partial charge in [0.2, 0.25) is 0 Å². The first kappa shape index (κ1) is 9.83. The molecule has 2 nitrogen and oxygen atoms in total. The van der Waals surface area contributed by atoms with Gasteiger partial charge in [-0.25, -0.2) is 0 Å². The van der Waals surface area contributed by atoms with Crippen molar-refractivity contribution in [1.82, 2.24) is 0 Å². The molecule has 0 spiro atoms. The number of methoxy groups -OCH3 is 1. The molecule has 0 atom stereocenters. The zero-order valence-electron chi connectivity index (χ0n) is 7.65. The van der Waals surface area contributed by atoms with E-state index in [2.05, 4.69) is 12.6 Å². The first-order chi connectivity index (χ1) is 6.76. The molecule has 2 rings (SSSR count). The molecule has 1 aromatic carbocycles. The number of thiophene rings is 1. The van der Waals surface area contributed by atoms with Gasteiger partial charge in [-0.3, -0.25) is 0 Å². The van der Waals surface area contributed by atoms with Gasteiger partial charge in [0.1, 0.15) is 0 Å². The highest BCUT2D eigenvalue weighted by Gasteiger charge is 2.08. The lowest BCUT2D eigenvalue weighted by molar-refractivity contribution is 0.283. The summed E-state index contributed by atoms with van der Waals surface area (Å²) in [7, 11) is 1.64. The summed E-state index contributed by atoms with van der Waals surface area (Å²) in [6.45, 7) is 0.0498. The van der Waals surface area contributed by atoms with Gasteiger partial charge in [-0.05, 0) is 11.6 Å². The van der Waals surface area contributed by atoms with Crippen molar-refractivity contribution in [3.63, 3.8) is 0 Å². The summed E-state index contributed by atoms with van der Waals surface area (Å²) in [6.07, 6.45) is 0. The van der Waals surface area contributed by atoms with Crippen LogP contribution in [0.15, 0.2) is 23.1 Å². The Hall–Kier alpha value is -0.710. The highest BCUT2D eigenvalue weighted by molar-refractivity contribution is 7.80. The molecule has 0 aliphatic heterocycles. The largest absolute Gasteiger partial charge is 0.487 e. The lowest BCUT2D eigenvalue weighted by atomic mass is 10.2. The fraction of sp³-hybridized carbons (Fsp3) is 0.200. The van der Waals surface area contributed by atoms with Crippen molar-refractivity contribution in [3.05, 3.63) is 23.8 Å². The summed E-state index contributed by atoms with van der Waals surface area (Å²) in [5.41, 5.74) is 0.922. The molecule has 0 aliphatic rings. The number of benzene rings is 1. The van der Waals surface area contributed by atoms with Crippen LogP contribution >= 0.6 is 24.0 Å². The standard InChI is InChI=1S/C10H10O2S2/c1-12-9-4-7-8(13)3-2-6(5-11)10(7)14-9/h2-4,11,13H,5H2,1H3. The molecule has 1 N–H and O–H groups in total. The normalized spacial score (nSPS) is 10.8.